The molecule has 3 N–H and O–H groups in total. The number of rotatable bonds is 3. The van der Waals surface area contributed by atoms with E-state index in [-0.39, 0.29) is 18.0 Å². The van der Waals surface area contributed by atoms with Crippen molar-refractivity contribution in [1.82, 2.24) is 16.0 Å². The van der Waals surface area contributed by atoms with Crippen molar-refractivity contribution >= 4 is 11.9 Å². The van der Waals surface area contributed by atoms with Gasteiger partial charge in [0.2, 0.25) is 5.91 Å². The Hall–Kier alpha value is -1.10. The van der Waals surface area contributed by atoms with E-state index in [1.807, 2.05) is 0 Å². The highest BCUT2D eigenvalue weighted by atomic mass is 16.2. The summed E-state index contributed by atoms with van der Waals surface area (Å²) < 4.78 is 0. The van der Waals surface area contributed by atoms with E-state index < -0.39 is 0 Å². The van der Waals surface area contributed by atoms with E-state index in [0.717, 1.165) is 0 Å². The van der Waals surface area contributed by atoms with E-state index in [1.165, 1.54) is 12.8 Å². The zero-order valence-corrected chi connectivity index (χ0v) is 7.30. The molecule has 1 saturated heterocycles. The highest BCUT2D eigenvalue weighted by Crippen LogP contribution is 2.18. The number of hydrogen-bond donors (Lipinski definition) is 3. The van der Waals surface area contributed by atoms with Crippen LogP contribution in [0.4, 0.5) is 4.79 Å². The van der Waals surface area contributed by atoms with Gasteiger partial charge in [-0.15, -0.1) is 0 Å². The summed E-state index contributed by atoms with van der Waals surface area (Å²) in [5, 5.41) is 8.16. The van der Waals surface area contributed by atoms with Crippen LogP contribution in [0.2, 0.25) is 0 Å². The lowest BCUT2D eigenvalue weighted by atomic mass is 10.1. The Morgan fingerprint density at radius 1 is 1.38 bits per heavy atom. The van der Waals surface area contributed by atoms with Gasteiger partial charge in [-0.1, -0.05) is 0 Å². The molecule has 0 bridgehead atoms. The average molecular weight is 183 g/mol. The van der Waals surface area contributed by atoms with Gasteiger partial charge >= 0.3 is 6.03 Å². The molecule has 5 nitrogen and oxygen atoms in total. The van der Waals surface area contributed by atoms with Crippen molar-refractivity contribution in [2.75, 3.05) is 6.54 Å². The van der Waals surface area contributed by atoms with Crippen LogP contribution in [0, 0.1) is 0 Å². The summed E-state index contributed by atoms with van der Waals surface area (Å²) >= 11 is 0. The minimum absolute atomic E-state index is 0.0400. The van der Waals surface area contributed by atoms with Crippen molar-refractivity contribution in [3.8, 4) is 0 Å². The topological polar surface area (TPSA) is 70.2 Å². The van der Waals surface area contributed by atoms with E-state index in [9.17, 15) is 9.59 Å². The van der Waals surface area contributed by atoms with E-state index in [0.29, 0.717) is 19.0 Å². The summed E-state index contributed by atoms with van der Waals surface area (Å²) in [6.45, 7) is 0.698. The first-order chi connectivity index (χ1) is 6.24. The number of carbonyl (C=O) groups excluding carboxylic acids is 2. The van der Waals surface area contributed by atoms with Gasteiger partial charge in [0.1, 0.15) is 0 Å². The number of urea groups is 1. The van der Waals surface area contributed by atoms with Crippen LogP contribution < -0.4 is 16.0 Å². The molecule has 0 aromatic carbocycles. The quantitative estimate of drug-likeness (QED) is 0.544. The summed E-state index contributed by atoms with van der Waals surface area (Å²) in [6.07, 6.45) is 2.81. The van der Waals surface area contributed by atoms with Crippen molar-refractivity contribution < 1.29 is 9.59 Å². The van der Waals surface area contributed by atoms with Crippen LogP contribution in [-0.2, 0) is 4.79 Å². The molecule has 1 saturated carbocycles. The Morgan fingerprint density at radius 3 is 2.77 bits per heavy atom. The van der Waals surface area contributed by atoms with Crippen LogP contribution >= 0.6 is 0 Å². The zero-order valence-electron chi connectivity index (χ0n) is 7.30. The Bertz CT molecular complexity index is 222. The molecular formula is C8H13N3O2. The lowest BCUT2D eigenvalue weighted by molar-refractivity contribution is -0.121. The van der Waals surface area contributed by atoms with Gasteiger partial charge in [0.05, 0.1) is 6.04 Å². The molecule has 1 atom stereocenters. The molecule has 72 valence electrons. The monoisotopic (exact) mass is 183 g/mol. The minimum atomic E-state index is -0.376. The number of carbonyl (C=O) groups is 2. The highest BCUT2D eigenvalue weighted by Gasteiger charge is 2.26. The molecule has 1 aliphatic heterocycles. The molecule has 2 aliphatic rings. The highest BCUT2D eigenvalue weighted by molar-refractivity contribution is 5.97. The van der Waals surface area contributed by atoms with Gasteiger partial charge in [0.25, 0.3) is 0 Å². The Morgan fingerprint density at radius 2 is 2.15 bits per heavy atom. The molecule has 0 spiro atoms. The molecule has 2 fully saturated rings. The Labute approximate surface area is 76.3 Å². The maximum absolute atomic E-state index is 10.9. The van der Waals surface area contributed by atoms with Crippen LogP contribution in [0.3, 0.4) is 0 Å². The minimum Gasteiger partial charge on any atom is -0.333 e. The second-order valence-electron chi connectivity index (χ2n) is 3.61. The fourth-order valence-electron chi connectivity index (χ4n) is 1.39. The molecule has 0 radical (unpaired) electrons. The molecule has 1 aliphatic carbocycles. The third-order valence-electron chi connectivity index (χ3n) is 2.25. The third kappa shape index (κ3) is 2.42. The Balaban J connectivity index is 1.76. The summed E-state index contributed by atoms with van der Waals surface area (Å²) in [5.74, 6) is -0.189. The second kappa shape index (κ2) is 3.33. The molecule has 13 heavy (non-hydrogen) atoms. The largest absolute Gasteiger partial charge is 0.333 e. The van der Waals surface area contributed by atoms with Crippen molar-refractivity contribution in [2.45, 2.75) is 31.3 Å². The van der Waals surface area contributed by atoms with E-state index >= 15 is 0 Å². The van der Waals surface area contributed by atoms with Crippen LogP contribution in [0.25, 0.3) is 0 Å². The van der Waals surface area contributed by atoms with E-state index in [2.05, 4.69) is 16.0 Å². The lowest BCUT2D eigenvalue weighted by Gasteiger charge is -2.23. The first-order valence-electron chi connectivity index (χ1n) is 4.58. The first kappa shape index (κ1) is 8.50. The lowest BCUT2D eigenvalue weighted by Crippen LogP contribution is -2.55. The van der Waals surface area contributed by atoms with Crippen LogP contribution in [0.1, 0.15) is 19.3 Å². The third-order valence-corrected chi connectivity index (χ3v) is 2.25. The fraction of sp³-hybridized carbons (Fsp3) is 0.750. The van der Waals surface area contributed by atoms with Crippen LogP contribution in [0.15, 0.2) is 0 Å². The summed E-state index contributed by atoms with van der Waals surface area (Å²) in [4.78, 5) is 21.8. The fourth-order valence-corrected chi connectivity index (χ4v) is 1.39. The maximum Gasteiger partial charge on any atom is 0.321 e. The number of nitrogens with one attached hydrogen (secondary N) is 3. The number of amides is 3. The first-order valence-corrected chi connectivity index (χ1v) is 4.58. The predicted octanol–water partition coefficient (Wildman–Crippen LogP) is -0.663. The van der Waals surface area contributed by atoms with E-state index in [4.69, 9.17) is 0 Å². The number of imide groups is 1. The number of hydrogen-bond acceptors (Lipinski definition) is 3. The Kier molecular flexibility index (Phi) is 2.18. The normalized spacial score (nSPS) is 28.2. The van der Waals surface area contributed by atoms with Gasteiger partial charge in [-0.05, 0) is 12.8 Å². The smallest absolute Gasteiger partial charge is 0.321 e. The van der Waals surface area contributed by atoms with Gasteiger partial charge < -0.3 is 10.6 Å². The van der Waals surface area contributed by atoms with Gasteiger partial charge in [-0.3, -0.25) is 10.1 Å². The van der Waals surface area contributed by atoms with Crippen molar-refractivity contribution in [1.29, 1.82) is 0 Å². The standard InChI is InChI=1S/C8H13N3O2/c12-7-3-6(10-8(13)11-7)4-9-5-1-2-5/h5-6,9H,1-4H2,(H2,10,11,12,13). The molecular weight excluding hydrogens is 170 g/mol. The van der Waals surface area contributed by atoms with Gasteiger partial charge in [-0.2, -0.15) is 0 Å². The van der Waals surface area contributed by atoms with Gasteiger partial charge in [-0.25, -0.2) is 4.79 Å². The van der Waals surface area contributed by atoms with Crippen molar-refractivity contribution in [3.05, 3.63) is 0 Å². The van der Waals surface area contributed by atoms with Gasteiger partial charge in [0.15, 0.2) is 0 Å². The summed E-state index contributed by atoms with van der Waals surface area (Å²) in [7, 11) is 0. The molecule has 3 amide bonds. The molecule has 5 heteroatoms. The van der Waals surface area contributed by atoms with Crippen molar-refractivity contribution in [3.63, 3.8) is 0 Å². The predicted molar refractivity (Wildman–Crippen MR) is 46.1 cm³/mol. The van der Waals surface area contributed by atoms with E-state index in [1.54, 1.807) is 0 Å². The zero-order chi connectivity index (χ0) is 9.26. The van der Waals surface area contributed by atoms with Crippen LogP contribution in [-0.4, -0.2) is 30.6 Å². The molecule has 0 aromatic rings. The molecule has 1 heterocycles. The SMILES string of the molecule is O=C1CC(CNC2CC2)NC(=O)N1. The molecule has 1 unspecified atom stereocenters. The second-order valence-corrected chi connectivity index (χ2v) is 3.61. The molecule has 2 rings (SSSR count). The van der Waals surface area contributed by atoms with Crippen molar-refractivity contribution in [2.24, 2.45) is 0 Å². The summed E-state index contributed by atoms with van der Waals surface area (Å²) in [5.41, 5.74) is 0. The summed E-state index contributed by atoms with van der Waals surface area (Å²) in [6, 6.07) is 0.197. The van der Waals surface area contributed by atoms with Gasteiger partial charge in [0, 0.05) is 19.0 Å². The maximum atomic E-state index is 10.9. The van der Waals surface area contributed by atoms with Crippen LogP contribution in [0.5, 0.6) is 0 Å². The molecule has 0 aromatic heterocycles. The average Bonchev–Trinajstić information content (AvgIpc) is 2.81.